The highest BCUT2D eigenvalue weighted by molar-refractivity contribution is 5.74. The molecule has 3 rings (SSSR count). The van der Waals surface area contributed by atoms with Crippen LogP contribution in [0.3, 0.4) is 0 Å². The van der Waals surface area contributed by atoms with Crippen molar-refractivity contribution in [2.24, 2.45) is 23.2 Å². The van der Waals surface area contributed by atoms with Crippen LogP contribution in [0.2, 0.25) is 0 Å². The average molecular weight is 334 g/mol. The van der Waals surface area contributed by atoms with Crippen molar-refractivity contribution in [3.05, 3.63) is 22.8 Å². The summed E-state index contributed by atoms with van der Waals surface area (Å²) in [5.41, 5.74) is 4.01. The van der Waals surface area contributed by atoms with Crippen molar-refractivity contribution < 1.29 is 19.4 Å². The Kier molecular flexibility index (Phi) is 4.89. The lowest BCUT2D eigenvalue weighted by Crippen LogP contribution is -2.39. The van der Waals surface area contributed by atoms with Gasteiger partial charge in [0.2, 0.25) is 0 Å². The molecule has 0 aliphatic heterocycles. The molecule has 134 valence electrons. The van der Waals surface area contributed by atoms with Crippen LogP contribution in [0.25, 0.3) is 0 Å². The first kappa shape index (κ1) is 17.7. The summed E-state index contributed by atoms with van der Waals surface area (Å²) >= 11 is 0. The molecule has 0 aromatic rings. The zero-order valence-electron chi connectivity index (χ0n) is 15.3. The summed E-state index contributed by atoms with van der Waals surface area (Å²) < 4.78 is 10.5. The standard InChI is InChI=1S/C20H30O4/c1-12-7-8-20(2)10-15-13(11-23-3)5-6-14(15)18(19(22)24-4)17(21)9-16(12)20/h10,13-14,17-18,21H,5-9,11H2,1-4H3/b15-10-/t13-,14?,17-,18+,20-/m1/s1. The van der Waals surface area contributed by atoms with Crippen molar-refractivity contribution >= 4 is 5.97 Å². The Morgan fingerprint density at radius 3 is 2.79 bits per heavy atom. The van der Waals surface area contributed by atoms with Crippen molar-refractivity contribution in [2.75, 3.05) is 20.8 Å². The predicted octanol–water partition coefficient (Wildman–Crippen LogP) is 3.26. The van der Waals surface area contributed by atoms with Crippen LogP contribution in [-0.2, 0) is 14.3 Å². The van der Waals surface area contributed by atoms with Gasteiger partial charge in [0.25, 0.3) is 0 Å². The van der Waals surface area contributed by atoms with Gasteiger partial charge in [-0.15, -0.1) is 0 Å². The van der Waals surface area contributed by atoms with Gasteiger partial charge in [-0.2, -0.15) is 0 Å². The Bertz CT molecular complexity index is 576. The van der Waals surface area contributed by atoms with Gasteiger partial charge in [0.05, 0.1) is 25.7 Å². The second kappa shape index (κ2) is 6.64. The topological polar surface area (TPSA) is 55.8 Å². The summed E-state index contributed by atoms with van der Waals surface area (Å²) in [4.78, 5) is 12.4. The average Bonchev–Trinajstić information content (AvgIpc) is 3.03. The first-order chi connectivity index (χ1) is 11.4. The Labute approximate surface area is 144 Å². The van der Waals surface area contributed by atoms with Gasteiger partial charge in [-0.3, -0.25) is 4.79 Å². The summed E-state index contributed by atoms with van der Waals surface area (Å²) in [6.07, 6.45) is 6.43. The van der Waals surface area contributed by atoms with E-state index in [0.717, 1.165) is 25.7 Å². The molecule has 0 saturated heterocycles. The van der Waals surface area contributed by atoms with Gasteiger partial charge >= 0.3 is 5.97 Å². The fourth-order valence-corrected chi connectivity index (χ4v) is 5.24. The molecule has 3 aliphatic carbocycles. The zero-order chi connectivity index (χ0) is 17.5. The van der Waals surface area contributed by atoms with E-state index < -0.39 is 12.0 Å². The maximum absolute atomic E-state index is 12.4. The first-order valence-electron chi connectivity index (χ1n) is 9.08. The van der Waals surface area contributed by atoms with Crippen molar-refractivity contribution in [1.82, 2.24) is 0 Å². The van der Waals surface area contributed by atoms with Crippen LogP contribution < -0.4 is 0 Å². The zero-order valence-corrected chi connectivity index (χ0v) is 15.3. The molecule has 0 spiro atoms. The number of carbonyl (C=O) groups is 1. The Balaban J connectivity index is 2.09. The molecule has 0 aromatic carbocycles. The van der Waals surface area contributed by atoms with Gasteiger partial charge < -0.3 is 14.6 Å². The number of allylic oxidation sites excluding steroid dienone is 2. The summed E-state index contributed by atoms with van der Waals surface area (Å²) in [6.45, 7) is 5.13. The minimum Gasteiger partial charge on any atom is -0.469 e. The predicted molar refractivity (Wildman–Crippen MR) is 92.3 cm³/mol. The van der Waals surface area contributed by atoms with Crippen LogP contribution in [0.5, 0.6) is 0 Å². The molecule has 0 amide bonds. The van der Waals surface area contributed by atoms with E-state index >= 15 is 0 Å². The molecule has 3 aliphatic rings. The highest BCUT2D eigenvalue weighted by Gasteiger charge is 2.48. The van der Waals surface area contributed by atoms with Gasteiger partial charge in [0.15, 0.2) is 0 Å². The Hall–Kier alpha value is -1.13. The maximum Gasteiger partial charge on any atom is 0.311 e. The number of aliphatic hydroxyl groups excluding tert-OH is 1. The van der Waals surface area contributed by atoms with Crippen LogP contribution in [0.1, 0.15) is 46.0 Å². The lowest BCUT2D eigenvalue weighted by atomic mass is 9.70. The second-order valence-corrected chi connectivity index (χ2v) is 7.98. The number of hydrogen-bond donors (Lipinski definition) is 1. The molecule has 0 heterocycles. The quantitative estimate of drug-likeness (QED) is 0.636. The smallest absolute Gasteiger partial charge is 0.311 e. The third-order valence-corrected chi connectivity index (χ3v) is 6.54. The molecular formula is C20H30O4. The highest BCUT2D eigenvalue weighted by atomic mass is 16.5. The van der Waals surface area contributed by atoms with E-state index in [1.807, 2.05) is 0 Å². The number of carbonyl (C=O) groups excluding carboxylic acids is 1. The molecule has 1 unspecified atom stereocenters. The van der Waals surface area contributed by atoms with Gasteiger partial charge in [-0.1, -0.05) is 29.7 Å². The molecule has 1 N–H and O–H groups in total. The van der Waals surface area contributed by atoms with Crippen molar-refractivity contribution in [2.45, 2.75) is 52.1 Å². The third kappa shape index (κ3) is 2.84. The number of hydrogen-bond acceptors (Lipinski definition) is 4. The number of rotatable bonds is 3. The van der Waals surface area contributed by atoms with Crippen molar-refractivity contribution in [3.63, 3.8) is 0 Å². The third-order valence-electron chi connectivity index (χ3n) is 6.54. The molecule has 1 fully saturated rings. The van der Waals surface area contributed by atoms with E-state index in [-0.39, 0.29) is 17.3 Å². The fraction of sp³-hybridized carbons (Fsp3) is 0.750. The Morgan fingerprint density at radius 1 is 1.38 bits per heavy atom. The fourth-order valence-electron chi connectivity index (χ4n) is 5.24. The van der Waals surface area contributed by atoms with E-state index in [9.17, 15) is 9.90 Å². The van der Waals surface area contributed by atoms with E-state index in [4.69, 9.17) is 9.47 Å². The molecule has 4 heteroatoms. The molecule has 5 atom stereocenters. The molecule has 24 heavy (non-hydrogen) atoms. The monoisotopic (exact) mass is 334 g/mol. The second-order valence-electron chi connectivity index (χ2n) is 7.98. The molecule has 1 saturated carbocycles. The molecule has 0 bridgehead atoms. The van der Waals surface area contributed by atoms with E-state index in [0.29, 0.717) is 18.9 Å². The molecule has 0 radical (unpaired) electrons. The Morgan fingerprint density at radius 2 is 2.12 bits per heavy atom. The lowest BCUT2D eigenvalue weighted by molar-refractivity contribution is -0.151. The minimum absolute atomic E-state index is 0.00999. The van der Waals surface area contributed by atoms with E-state index in [1.165, 1.54) is 23.8 Å². The minimum atomic E-state index is -0.671. The summed E-state index contributed by atoms with van der Waals surface area (Å²) in [5, 5.41) is 10.9. The molecule has 0 aromatic heterocycles. The first-order valence-corrected chi connectivity index (χ1v) is 9.08. The normalized spacial score (nSPS) is 41.1. The number of esters is 1. The summed E-state index contributed by atoms with van der Waals surface area (Å²) in [6, 6.07) is 0. The van der Waals surface area contributed by atoms with Crippen LogP contribution in [-0.4, -0.2) is 38.0 Å². The molecular weight excluding hydrogens is 304 g/mol. The van der Waals surface area contributed by atoms with Gasteiger partial charge in [0, 0.05) is 18.4 Å². The van der Waals surface area contributed by atoms with E-state index in [2.05, 4.69) is 19.9 Å². The lowest BCUT2D eigenvalue weighted by Gasteiger charge is -2.37. The number of aliphatic hydroxyl groups is 1. The van der Waals surface area contributed by atoms with Gasteiger partial charge in [0.1, 0.15) is 0 Å². The summed E-state index contributed by atoms with van der Waals surface area (Å²) in [7, 11) is 3.15. The number of methoxy groups -OCH3 is 2. The number of fused-ring (bicyclic) bond motifs is 2. The van der Waals surface area contributed by atoms with Gasteiger partial charge in [-0.05, 0) is 44.9 Å². The highest BCUT2D eigenvalue weighted by Crippen LogP contribution is 2.53. The van der Waals surface area contributed by atoms with E-state index in [1.54, 1.807) is 7.11 Å². The van der Waals surface area contributed by atoms with Crippen LogP contribution in [0.15, 0.2) is 22.8 Å². The molecule has 4 nitrogen and oxygen atoms in total. The largest absolute Gasteiger partial charge is 0.469 e. The van der Waals surface area contributed by atoms with Crippen molar-refractivity contribution in [1.29, 1.82) is 0 Å². The number of ether oxygens (including phenoxy) is 2. The summed E-state index contributed by atoms with van der Waals surface area (Å²) in [5.74, 6) is -0.326. The SMILES string of the molecule is COC[C@H]1CCC2/C1=C\[C@@]1(C)CCC(C)=C1C[C@@H](O)[C@H]2C(=O)OC. The van der Waals surface area contributed by atoms with Crippen LogP contribution in [0.4, 0.5) is 0 Å². The van der Waals surface area contributed by atoms with Crippen LogP contribution >= 0.6 is 0 Å². The van der Waals surface area contributed by atoms with Gasteiger partial charge in [-0.25, -0.2) is 0 Å². The maximum atomic E-state index is 12.4. The van der Waals surface area contributed by atoms with Crippen LogP contribution in [0, 0.1) is 23.2 Å². The van der Waals surface area contributed by atoms with Crippen molar-refractivity contribution in [3.8, 4) is 0 Å².